The lowest BCUT2D eigenvalue weighted by molar-refractivity contribution is -0.144. The van der Waals surface area contributed by atoms with Gasteiger partial charge in [-0.15, -0.1) is 0 Å². The molecule has 2 aliphatic heterocycles. The smallest absolute Gasteiger partial charge is 0.228 e. The minimum absolute atomic E-state index is 0.110. The number of piperidine rings is 1. The van der Waals surface area contributed by atoms with Gasteiger partial charge in [-0.2, -0.15) is 0 Å². The standard InChI is InChI=1S/C12H23N3O/c1-12(3-5-13-6-4-12)11(16)15-9-7-14(2)8-10-15/h13H,3-10H2,1-2H3. The summed E-state index contributed by atoms with van der Waals surface area (Å²) < 4.78 is 0. The summed E-state index contributed by atoms with van der Waals surface area (Å²) in [5.74, 6) is 0.377. The van der Waals surface area contributed by atoms with Crippen LogP contribution in [0.2, 0.25) is 0 Å². The normalized spacial score (nSPS) is 26.8. The van der Waals surface area contributed by atoms with E-state index in [1.54, 1.807) is 0 Å². The van der Waals surface area contributed by atoms with E-state index in [-0.39, 0.29) is 5.41 Å². The van der Waals surface area contributed by atoms with Crippen molar-refractivity contribution in [2.75, 3.05) is 46.3 Å². The predicted octanol–water partition coefficient (Wildman–Crippen LogP) is 0.150. The summed E-state index contributed by atoms with van der Waals surface area (Å²) in [7, 11) is 2.12. The van der Waals surface area contributed by atoms with Crippen LogP contribution in [0.3, 0.4) is 0 Å². The molecule has 1 amide bonds. The Morgan fingerprint density at radius 3 is 2.25 bits per heavy atom. The number of nitrogens with zero attached hydrogens (tertiary/aromatic N) is 2. The summed E-state index contributed by atoms with van der Waals surface area (Å²) in [5.41, 5.74) is -0.110. The number of likely N-dealkylation sites (N-methyl/N-ethyl adjacent to an activating group) is 1. The van der Waals surface area contributed by atoms with Gasteiger partial charge in [0.25, 0.3) is 0 Å². The third-order valence-electron chi connectivity index (χ3n) is 4.01. The first-order valence-electron chi connectivity index (χ1n) is 6.30. The van der Waals surface area contributed by atoms with E-state index in [0.29, 0.717) is 5.91 Å². The molecular formula is C12H23N3O. The van der Waals surface area contributed by atoms with Gasteiger partial charge in [-0.1, -0.05) is 6.92 Å². The Morgan fingerprint density at radius 2 is 1.69 bits per heavy atom. The fourth-order valence-electron chi connectivity index (χ4n) is 2.58. The van der Waals surface area contributed by atoms with Crippen molar-refractivity contribution in [2.24, 2.45) is 5.41 Å². The molecule has 92 valence electrons. The Kier molecular flexibility index (Phi) is 3.50. The Hall–Kier alpha value is -0.610. The zero-order valence-corrected chi connectivity index (χ0v) is 10.5. The summed E-state index contributed by atoms with van der Waals surface area (Å²) >= 11 is 0. The monoisotopic (exact) mass is 225 g/mol. The maximum absolute atomic E-state index is 12.5. The molecule has 0 aromatic rings. The molecule has 1 N–H and O–H groups in total. The zero-order valence-electron chi connectivity index (χ0n) is 10.5. The van der Waals surface area contributed by atoms with Gasteiger partial charge in [-0.05, 0) is 33.0 Å². The number of carbonyl (C=O) groups excluding carboxylic acids is 1. The van der Waals surface area contributed by atoms with Crippen LogP contribution < -0.4 is 5.32 Å². The van der Waals surface area contributed by atoms with Crippen molar-refractivity contribution in [1.29, 1.82) is 0 Å². The van der Waals surface area contributed by atoms with Crippen molar-refractivity contribution in [2.45, 2.75) is 19.8 Å². The molecule has 0 bridgehead atoms. The highest BCUT2D eigenvalue weighted by molar-refractivity contribution is 5.82. The first kappa shape index (κ1) is 11.9. The van der Waals surface area contributed by atoms with Crippen LogP contribution in [0.25, 0.3) is 0 Å². The van der Waals surface area contributed by atoms with Crippen LogP contribution in [0, 0.1) is 5.41 Å². The van der Waals surface area contributed by atoms with Gasteiger partial charge in [-0.25, -0.2) is 0 Å². The van der Waals surface area contributed by atoms with E-state index in [1.165, 1.54) is 0 Å². The van der Waals surface area contributed by atoms with Crippen LogP contribution in [0.5, 0.6) is 0 Å². The molecule has 0 spiro atoms. The second-order valence-electron chi connectivity index (χ2n) is 5.41. The molecule has 2 saturated heterocycles. The number of piperazine rings is 1. The Balaban J connectivity index is 1.95. The van der Waals surface area contributed by atoms with Crippen molar-refractivity contribution in [3.63, 3.8) is 0 Å². The second-order valence-corrected chi connectivity index (χ2v) is 5.41. The Labute approximate surface area is 98.0 Å². The molecule has 0 aliphatic carbocycles. The van der Waals surface area contributed by atoms with Crippen molar-refractivity contribution >= 4 is 5.91 Å². The van der Waals surface area contributed by atoms with E-state index in [2.05, 4.69) is 29.1 Å². The summed E-state index contributed by atoms with van der Waals surface area (Å²) in [6.45, 7) is 7.93. The zero-order chi connectivity index (χ0) is 11.6. The number of hydrogen-bond acceptors (Lipinski definition) is 3. The van der Waals surface area contributed by atoms with Gasteiger partial charge in [0.2, 0.25) is 5.91 Å². The molecular weight excluding hydrogens is 202 g/mol. The molecule has 2 heterocycles. The minimum Gasteiger partial charge on any atom is -0.340 e. The maximum Gasteiger partial charge on any atom is 0.228 e. The molecule has 2 fully saturated rings. The van der Waals surface area contributed by atoms with Crippen molar-refractivity contribution in [3.8, 4) is 0 Å². The van der Waals surface area contributed by atoms with Crippen LogP contribution in [-0.4, -0.2) is 62.0 Å². The SMILES string of the molecule is CN1CCN(C(=O)C2(C)CCNCC2)CC1. The fraction of sp³-hybridized carbons (Fsp3) is 0.917. The average molecular weight is 225 g/mol. The largest absolute Gasteiger partial charge is 0.340 e. The van der Waals surface area contributed by atoms with Crippen molar-refractivity contribution < 1.29 is 4.79 Å². The van der Waals surface area contributed by atoms with E-state index < -0.39 is 0 Å². The summed E-state index contributed by atoms with van der Waals surface area (Å²) in [6.07, 6.45) is 1.97. The first-order valence-corrected chi connectivity index (χ1v) is 6.30. The van der Waals surface area contributed by atoms with Crippen LogP contribution in [0.15, 0.2) is 0 Å². The lowest BCUT2D eigenvalue weighted by Gasteiger charge is -2.40. The third-order valence-corrected chi connectivity index (χ3v) is 4.01. The number of carbonyl (C=O) groups is 1. The van der Waals surface area contributed by atoms with Crippen LogP contribution >= 0.6 is 0 Å². The van der Waals surface area contributed by atoms with Gasteiger partial charge in [0, 0.05) is 31.6 Å². The van der Waals surface area contributed by atoms with Gasteiger partial charge in [0.05, 0.1) is 0 Å². The number of hydrogen-bond donors (Lipinski definition) is 1. The lowest BCUT2D eigenvalue weighted by atomic mass is 9.79. The van der Waals surface area contributed by atoms with Crippen molar-refractivity contribution in [3.05, 3.63) is 0 Å². The van der Waals surface area contributed by atoms with Gasteiger partial charge in [0.15, 0.2) is 0 Å². The molecule has 0 aromatic heterocycles. The predicted molar refractivity (Wildman–Crippen MR) is 64.3 cm³/mol. The molecule has 4 nitrogen and oxygen atoms in total. The molecule has 2 aliphatic rings. The minimum atomic E-state index is -0.110. The average Bonchev–Trinajstić information content (AvgIpc) is 2.30. The molecule has 0 saturated carbocycles. The quantitative estimate of drug-likeness (QED) is 0.690. The molecule has 0 unspecified atom stereocenters. The van der Waals surface area contributed by atoms with Crippen molar-refractivity contribution in [1.82, 2.24) is 15.1 Å². The van der Waals surface area contributed by atoms with Crippen LogP contribution in [0.4, 0.5) is 0 Å². The van der Waals surface area contributed by atoms with E-state index in [9.17, 15) is 4.79 Å². The Bertz CT molecular complexity index is 253. The van der Waals surface area contributed by atoms with Gasteiger partial charge in [-0.3, -0.25) is 4.79 Å². The van der Waals surface area contributed by atoms with Gasteiger partial charge < -0.3 is 15.1 Å². The molecule has 0 radical (unpaired) electrons. The molecule has 2 rings (SSSR count). The summed E-state index contributed by atoms with van der Waals surface area (Å²) in [4.78, 5) is 16.8. The number of rotatable bonds is 1. The summed E-state index contributed by atoms with van der Waals surface area (Å²) in [6, 6.07) is 0. The number of nitrogens with one attached hydrogen (secondary N) is 1. The van der Waals surface area contributed by atoms with E-state index in [0.717, 1.165) is 52.1 Å². The fourth-order valence-corrected chi connectivity index (χ4v) is 2.58. The topological polar surface area (TPSA) is 35.6 Å². The van der Waals surface area contributed by atoms with E-state index >= 15 is 0 Å². The second kappa shape index (κ2) is 4.72. The molecule has 0 aromatic carbocycles. The van der Waals surface area contributed by atoms with Crippen LogP contribution in [0.1, 0.15) is 19.8 Å². The molecule has 4 heteroatoms. The highest BCUT2D eigenvalue weighted by Crippen LogP contribution is 2.30. The van der Waals surface area contributed by atoms with Gasteiger partial charge in [0.1, 0.15) is 0 Å². The third kappa shape index (κ3) is 2.38. The highest BCUT2D eigenvalue weighted by Gasteiger charge is 2.38. The molecule has 0 atom stereocenters. The number of amides is 1. The summed E-state index contributed by atoms with van der Waals surface area (Å²) in [5, 5.41) is 3.33. The maximum atomic E-state index is 12.5. The van der Waals surface area contributed by atoms with E-state index in [1.807, 2.05) is 0 Å². The van der Waals surface area contributed by atoms with Crippen LogP contribution in [-0.2, 0) is 4.79 Å². The van der Waals surface area contributed by atoms with E-state index in [4.69, 9.17) is 0 Å². The van der Waals surface area contributed by atoms with Gasteiger partial charge >= 0.3 is 0 Å². The lowest BCUT2D eigenvalue weighted by Crippen LogP contribution is -2.53. The molecule has 16 heavy (non-hydrogen) atoms. The highest BCUT2D eigenvalue weighted by atomic mass is 16.2. The Morgan fingerprint density at radius 1 is 1.12 bits per heavy atom. The first-order chi connectivity index (χ1) is 7.62.